The van der Waals surface area contributed by atoms with Gasteiger partial charge >= 0.3 is 5.97 Å². The zero-order valence-corrected chi connectivity index (χ0v) is 12.6. The van der Waals surface area contributed by atoms with Crippen molar-refractivity contribution in [3.8, 4) is 5.75 Å². The molecule has 0 aliphatic carbocycles. The minimum absolute atomic E-state index is 0.0832. The van der Waals surface area contributed by atoms with Crippen molar-refractivity contribution in [3.63, 3.8) is 0 Å². The molecule has 0 aromatic heterocycles. The Morgan fingerprint density at radius 3 is 2.65 bits per heavy atom. The van der Waals surface area contributed by atoms with E-state index in [1.807, 2.05) is 6.92 Å². The van der Waals surface area contributed by atoms with E-state index in [1.165, 1.54) is 12.0 Å². The van der Waals surface area contributed by atoms with E-state index in [2.05, 4.69) is 4.74 Å². The van der Waals surface area contributed by atoms with E-state index in [4.69, 9.17) is 16.3 Å². The van der Waals surface area contributed by atoms with Gasteiger partial charge in [0.25, 0.3) is 5.91 Å². The van der Waals surface area contributed by atoms with Gasteiger partial charge in [-0.25, -0.2) is 0 Å². The van der Waals surface area contributed by atoms with Crippen LogP contribution in [0.3, 0.4) is 0 Å². The number of likely N-dealkylation sites (N-methyl/N-ethyl adjacent to an activating group) is 1. The summed E-state index contributed by atoms with van der Waals surface area (Å²) >= 11 is 5.84. The van der Waals surface area contributed by atoms with Gasteiger partial charge in [0.15, 0.2) is 6.61 Å². The van der Waals surface area contributed by atoms with E-state index in [9.17, 15) is 9.59 Å². The first-order chi connectivity index (χ1) is 9.43. The van der Waals surface area contributed by atoms with Crippen LogP contribution in [-0.4, -0.2) is 44.1 Å². The number of hydrogen-bond donors (Lipinski definition) is 0. The van der Waals surface area contributed by atoms with Gasteiger partial charge in [-0.2, -0.15) is 0 Å². The number of carbonyl (C=O) groups excluding carboxylic acids is 2. The van der Waals surface area contributed by atoms with Crippen molar-refractivity contribution < 1.29 is 19.1 Å². The highest BCUT2D eigenvalue weighted by atomic mass is 35.5. The van der Waals surface area contributed by atoms with Gasteiger partial charge < -0.3 is 14.4 Å². The molecule has 1 aromatic carbocycles. The maximum Gasteiger partial charge on any atom is 0.307 e. The van der Waals surface area contributed by atoms with Gasteiger partial charge in [-0.15, -0.1) is 0 Å². The molecule has 0 radical (unpaired) electrons. The fourth-order valence-corrected chi connectivity index (χ4v) is 1.74. The summed E-state index contributed by atoms with van der Waals surface area (Å²) in [6.07, 6.45) is 0.165. The van der Waals surface area contributed by atoms with Crippen LogP contribution in [0.15, 0.2) is 18.2 Å². The second kappa shape index (κ2) is 7.75. The lowest BCUT2D eigenvalue weighted by molar-refractivity contribution is -0.141. The number of rotatable bonds is 6. The molecule has 0 spiro atoms. The number of amides is 1. The molecule has 20 heavy (non-hydrogen) atoms. The zero-order valence-electron chi connectivity index (χ0n) is 11.8. The smallest absolute Gasteiger partial charge is 0.307 e. The Labute approximate surface area is 123 Å². The number of benzene rings is 1. The molecule has 5 nitrogen and oxygen atoms in total. The molecule has 0 N–H and O–H groups in total. The molecule has 6 heteroatoms. The SMILES string of the molecule is COC(=O)CCN(C)C(=O)COc1ccc(Cl)cc1C. The number of methoxy groups -OCH3 is 1. The van der Waals surface area contributed by atoms with Crippen molar-refractivity contribution in [2.75, 3.05) is 27.3 Å². The van der Waals surface area contributed by atoms with Gasteiger partial charge in [-0.1, -0.05) is 11.6 Å². The van der Waals surface area contributed by atoms with Crippen LogP contribution in [0.25, 0.3) is 0 Å². The molecule has 0 saturated carbocycles. The molecule has 0 unspecified atom stereocenters. The third-order valence-electron chi connectivity index (χ3n) is 2.79. The number of hydrogen-bond acceptors (Lipinski definition) is 4. The minimum atomic E-state index is -0.348. The van der Waals surface area contributed by atoms with Crippen molar-refractivity contribution >= 4 is 23.5 Å². The average molecular weight is 300 g/mol. The largest absolute Gasteiger partial charge is 0.483 e. The number of nitrogens with zero attached hydrogens (tertiary/aromatic N) is 1. The van der Waals surface area contributed by atoms with E-state index < -0.39 is 0 Å². The van der Waals surface area contributed by atoms with E-state index >= 15 is 0 Å². The molecule has 1 rings (SSSR count). The van der Waals surface area contributed by atoms with Crippen LogP contribution in [0.5, 0.6) is 5.75 Å². The fourth-order valence-electron chi connectivity index (χ4n) is 1.51. The highest BCUT2D eigenvalue weighted by Gasteiger charge is 2.12. The molecule has 0 saturated heterocycles. The minimum Gasteiger partial charge on any atom is -0.483 e. The van der Waals surface area contributed by atoms with Crippen molar-refractivity contribution in [2.24, 2.45) is 0 Å². The maximum absolute atomic E-state index is 11.8. The number of halogens is 1. The molecule has 0 aliphatic rings. The summed E-state index contributed by atoms with van der Waals surface area (Å²) in [7, 11) is 2.93. The summed E-state index contributed by atoms with van der Waals surface area (Å²) < 4.78 is 9.96. The van der Waals surface area contributed by atoms with Gasteiger partial charge in [0.05, 0.1) is 13.5 Å². The zero-order chi connectivity index (χ0) is 15.1. The van der Waals surface area contributed by atoms with Crippen LogP contribution in [0.1, 0.15) is 12.0 Å². The van der Waals surface area contributed by atoms with Crippen molar-refractivity contribution in [2.45, 2.75) is 13.3 Å². The lowest BCUT2D eigenvalue weighted by Gasteiger charge is -2.17. The van der Waals surface area contributed by atoms with Crippen molar-refractivity contribution in [1.29, 1.82) is 0 Å². The van der Waals surface area contributed by atoms with Gasteiger partial charge in [0.1, 0.15) is 5.75 Å². The predicted octanol–water partition coefficient (Wildman–Crippen LogP) is 2.05. The standard InChI is InChI=1S/C14H18ClNO4/c1-10-8-11(15)4-5-12(10)20-9-13(17)16(2)7-6-14(18)19-3/h4-5,8H,6-7,9H2,1-3H3. The Morgan fingerprint density at radius 2 is 2.05 bits per heavy atom. The number of ether oxygens (including phenoxy) is 2. The Balaban J connectivity index is 2.44. The lowest BCUT2D eigenvalue weighted by Crippen LogP contribution is -2.33. The number of esters is 1. The Morgan fingerprint density at radius 1 is 1.35 bits per heavy atom. The van der Waals surface area contributed by atoms with E-state index in [0.29, 0.717) is 17.3 Å². The summed E-state index contributed by atoms with van der Waals surface area (Å²) in [5, 5.41) is 0.622. The van der Waals surface area contributed by atoms with Gasteiger partial charge in [-0.3, -0.25) is 9.59 Å². The Bertz CT molecular complexity index is 490. The molecule has 1 amide bonds. The highest BCUT2D eigenvalue weighted by molar-refractivity contribution is 6.30. The molecule has 0 atom stereocenters. The van der Waals surface area contributed by atoms with Gasteiger partial charge in [-0.05, 0) is 30.7 Å². The highest BCUT2D eigenvalue weighted by Crippen LogP contribution is 2.21. The molecule has 0 bridgehead atoms. The first kappa shape index (κ1) is 16.3. The van der Waals surface area contributed by atoms with Crippen LogP contribution in [0.2, 0.25) is 5.02 Å². The molecule has 0 heterocycles. The molecule has 0 aliphatic heterocycles. The van der Waals surface area contributed by atoms with E-state index in [0.717, 1.165) is 5.56 Å². The van der Waals surface area contributed by atoms with Crippen LogP contribution >= 0.6 is 11.6 Å². The molecule has 110 valence electrons. The maximum atomic E-state index is 11.8. The Kier molecular flexibility index (Phi) is 6.31. The summed E-state index contributed by atoms with van der Waals surface area (Å²) in [5.74, 6) is 0.0616. The molecular weight excluding hydrogens is 282 g/mol. The van der Waals surface area contributed by atoms with E-state index in [1.54, 1.807) is 25.2 Å². The third-order valence-corrected chi connectivity index (χ3v) is 3.03. The monoisotopic (exact) mass is 299 g/mol. The van der Waals surface area contributed by atoms with Crippen LogP contribution < -0.4 is 4.74 Å². The number of aryl methyl sites for hydroxylation is 1. The quantitative estimate of drug-likeness (QED) is 0.754. The predicted molar refractivity (Wildman–Crippen MR) is 76.0 cm³/mol. The third kappa shape index (κ3) is 5.09. The fraction of sp³-hybridized carbons (Fsp3) is 0.429. The summed E-state index contributed by atoms with van der Waals surface area (Å²) in [4.78, 5) is 24.2. The molecule has 1 aromatic rings. The summed E-state index contributed by atoms with van der Waals surface area (Å²) in [6, 6.07) is 5.19. The van der Waals surface area contributed by atoms with Crippen LogP contribution in [0, 0.1) is 6.92 Å². The van der Waals surface area contributed by atoms with Gasteiger partial charge in [0.2, 0.25) is 0 Å². The normalized spacial score (nSPS) is 10.0. The first-order valence-corrected chi connectivity index (χ1v) is 6.51. The first-order valence-electron chi connectivity index (χ1n) is 6.13. The second-order valence-corrected chi connectivity index (χ2v) is 4.78. The number of carbonyl (C=O) groups is 2. The van der Waals surface area contributed by atoms with Crippen LogP contribution in [-0.2, 0) is 14.3 Å². The molecular formula is C14H18ClNO4. The Hall–Kier alpha value is -1.75. The van der Waals surface area contributed by atoms with Crippen LogP contribution in [0.4, 0.5) is 0 Å². The van der Waals surface area contributed by atoms with Crippen molar-refractivity contribution in [3.05, 3.63) is 28.8 Å². The summed E-state index contributed by atoms with van der Waals surface area (Å²) in [5.41, 5.74) is 0.863. The van der Waals surface area contributed by atoms with Gasteiger partial charge in [0, 0.05) is 18.6 Å². The topological polar surface area (TPSA) is 55.8 Å². The lowest BCUT2D eigenvalue weighted by atomic mass is 10.2. The average Bonchev–Trinajstić information content (AvgIpc) is 2.42. The second-order valence-electron chi connectivity index (χ2n) is 4.34. The van der Waals surface area contributed by atoms with Crippen molar-refractivity contribution in [1.82, 2.24) is 4.90 Å². The molecule has 0 fully saturated rings. The summed E-state index contributed by atoms with van der Waals surface area (Å²) in [6.45, 7) is 2.07. The van der Waals surface area contributed by atoms with E-state index in [-0.39, 0.29) is 24.9 Å².